The maximum atomic E-state index is 13.4. The highest BCUT2D eigenvalue weighted by Crippen LogP contribution is 2.30. The van der Waals surface area contributed by atoms with E-state index in [0.29, 0.717) is 23.5 Å². The van der Waals surface area contributed by atoms with Crippen molar-refractivity contribution < 1.29 is 19.4 Å². The number of hydrogen-bond donors (Lipinski definition) is 2. The molecule has 0 bridgehead atoms. The number of aliphatic hydroxyl groups excluding tert-OH is 1. The minimum Gasteiger partial charge on any atom is -0.488 e. The maximum absolute atomic E-state index is 13.4. The van der Waals surface area contributed by atoms with E-state index in [-0.39, 0.29) is 42.9 Å². The molecule has 2 heterocycles. The number of nitrogens with one attached hydrogen (secondary N) is 1. The minimum atomic E-state index is -0.290. The summed E-state index contributed by atoms with van der Waals surface area (Å²) in [6, 6.07) is 8.53. The third-order valence-corrected chi connectivity index (χ3v) is 7.90. The number of anilines is 1. The Labute approximate surface area is 226 Å². The Morgan fingerprint density at radius 1 is 1.18 bits per heavy atom. The molecule has 2 amide bonds. The second-order valence-electron chi connectivity index (χ2n) is 11.1. The number of aromatic nitrogens is 1. The number of benzene rings is 1. The van der Waals surface area contributed by atoms with Crippen LogP contribution in [0.3, 0.4) is 0 Å². The first-order chi connectivity index (χ1) is 18.3. The topological polar surface area (TPSA) is 95.0 Å². The van der Waals surface area contributed by atoms with Gasteiger partial charge in [-0.05, 0) is 63.1 Å². The lowest BCUT2D eigenvalue weighted by Gasteiger charge is -2.35. The molecule has 2 aromatic rings. The Hall–Kier alpha value is -2.97. The first-order valence-corrected chi connectivity index (χ1v) is 13.9. The third kappa shape index (κ3) is 7.32. The van der Waals surface area contributed by atoms with Gasteiger partial charge in [0.15, 0.2) is 0 Å². The van der Waals surface area contributed by atoms with Crippen LogP contribution in [0.2, 0.25) is 0 Å². The summed E-state index contributed by atoms with van der Waals surface area (Å²) in [6.45, 7) is 6.22. The Morgan fingerprint density at radius 3 is 2.63 bits per heavy atom. The molecule has 0 saturated heterocycles. The van der Waals surface area contributed by atoms with Gasteiger partial charge in [-0.25, -0.2) is 0 Å². The minimum absolute atomic E-state index is 0.0583. The maximum Gasteiger partial charge on any atom is 0.255 e. The van der Waals surface area contributed by atoms with Gasteiger partial charge in [-0.1, -0.05) is 26.2 Å². The monoisotopic (exact) mass is 522 g/mol. The highest BCUT2D eigenvalue weighted by atomic mass is 16.5. The first kappa shape index (κ1) is 28.0. The van der Waals surface area contributed by atoms with E-state index in [0.717, 1.165) is 24.6 Å². The number of amides is 2. The largest absolute Gasteiger partial charge is 0.488 e. The second kappa shape index (κ2) is 13.2. The molecule has 4 rings (SSSR count). The average molecular weight is 523 g/mol. The predicted molar refractivity (Wildman–Crippen MR) is 148 cm³/mol. The van der Waals surface area contributed by atoms with Gasteiger partial charge in [-0.3, -0.25) is 14.6 Å². The fourth-order valence-electron chi connectivity index (χ4n) is 5.62. The standard InChI is InChI=1S/C30H42N4O4/c1-21-17-34(22(2)20-35)29(36)16-25-15-26(32-30(37)24-11-13-31-14-12-24)9-10-27(25)38-28(21)19-33(3)18-23-7-5-4-6-8-23/h9-15,21-23,28,35H,4-8,16-20H2,1-3H3,(H,32,37)/t21-,22+,28-/m1/s1. The van der Waals surface area contributed by atoms with Gasteiger partial charge in [0.25, 0.3) is 5.91 Å². The summed E-state index contributed by atoms with van der Waals surface area (Å²) >= 11 is 0. The Morgan fingerprint density at radius 2 is 1.92 bits per heavy atom. The number of pyridine rings is 1. The van der Waals surface area contributed by atoms with Gasteiger partial charge in [0, 0.05) is 54.8 Å². The van der Waals surface area contributed by atoms with Gasteiger partial charge in [-0.2, -0.15) is 0 Å². The van der Waals surface area contributed by atoms with Gasteiger partial charge in [-0.15, -0.1) is 0 Å². The van der Waals surface area contributed by atoms with E-state index < -0.39 is 0 Å². The van der Waals surface area contributed by atoms with Crippen molar-refractivity contribution in [3.05, 3.63) is 53.9 Å². The molecule has 206 valence electrons. The average Bonchev–Trinajstić information content (AvgIpc) is 2.97. The van der Waals surface area contributed by atoms with Crippen LogP contribution in [0.15, 0.2) is 42.7 Å². The number of nitrogens with zero attached hydrogens (tertiary/aromatic N) is 3. The van der Waals surface area contributed by atoms with Crippen LogP contribution < -0.4 is 10.1 Å². The molecule has 38 heavy (non-hydrogen) atoms. The fraction of sp³-hybridized carbons (Fsp3) is 0.567. The van der Waals surface area contributed by atoms with E-state index in [4.69, 9.17) is 4.74 Å². The molecule has 0 spiro atoms. The summed E-state index contributed by atoms with van der Waals surface area (Å²) in [5.74, 6) is 1.17. The molecule has 1 aliphatic heterocycles. The second-order valence-corrected chi connectivity index (χ2v) is 11.1. The van der Waals surface area contributed by atoms with E-state index in [1.54, 1.807) is 29.4 Å². The van der Waals surface area contributed by atoms with Gasteiger partial charge in [0.05, 0.1) is 19.1 Å². The van der Waals surface area contributed by atoms with Crippen molar-refractivity contribution in [2.24, 2.45) is 11.8 Å². The predicted octanol–water partition coefficient (Wildman–Crippen LogP) is 4.00. The zero-order chi connectivity index (χ0) is 27.1. The van der Waals surface area contributed by atoms with E-state index in [9.17, 15) is 14.7 Å². The lowest BCUT2D eigenvalue weighted by atomic mass is 9.89. The molecule has 1 aromatic carbocycles. The SMILES string of the molecule is C[C@@H]1CN([C@@H](C)CO)C(=O)Cc2cc(NC(=O)c3ccncc3)ccc2O[C@@H]1CN(C)CC1CCCCC1. The van der Waals surface area contributed by atoms with E-state index in [1.807, 2.05) is 25.1 Å². The summed E-state index contributed by atoms with van der Waals surface area (Å²) in [5.41, 5.74) is 1.84. The van der Waals surface area contributed by atoms with Crippen LogP contribution in [0.5, 0.6) is 5.75 Å². The molecular formula is C30H42N4O4. The smallest absolute Gasteiger partial charge is 0.255 e. The Balaban J connectivity index is 1.57. The third-order valence-electron chi connectivity index (χ3n) is 7.90. The van der Waals surface area contributed by atoms with Crippen LogP contribution >= 0.6 is 0 Å². The summed E-state index contributed by atoms with van der Waals surface area (Å²) in [5, 5.41) is 12.8. The molecule has 1 saturated carbocycles. The molecular weight excluding hydrogens is 480 g/mol. The number of carbonyl (C=O) groups is 2. The van der Waals surface area contributed by atoms with Crippen molar-refractivity contribution >= 4 is 17.5 Å². The summed E-state index contributed by atoms with van der Waals surface area (Å²) in [4.78, 5) is 34.3. The molecule has 2 aliphatic rings. The Kier molecular flexibility index (Phi) is 9.74. The number of carbonyl (C=O) groups excluding carboxylic acids is 2. The quantitative estimate of drug-likeness (QED) is 0.544. The zero-order valence-electron chi connectivity index (χ0n) is 22.9. The van der Waals surface area contributed by atoms with Crippen LogP contribution in [0.4, 0.5) is 5.69 Å². The van der Waals surface area contributed by atoms with Crippen LogP contribution in [0.1, 0.15) is 61.9 Å². The number of rotatable bonds is 8. The summed E-state index contributed by atoms with van der Waals surface area (Å²) in [7, 11) is 2.16. The normalized spacial score (nSPS) is 21.6. The number of likely N-dealkylation sites (N-methyl/N-ethyl adjacent to an activating group) is 1. The molecule has 1 aromatic heterocycles. The lowest BCUT2D eigenvalue weighted by molar-refractivity contribution is -0.134. The van der Waals surface area contributed by atoms with Gasteiger partial charge < -0.3 is 25.0 Å². The van der Waals surface area contributed by atoms with Gasteiger partial charge in [0.1, 0.15) is 11.9 Å². The van der Waals surface area contributed by atoms with Crippen molar-refractivity contribution in [3.8, 4) is 5.75 Å². The molecule has 0 radical (unpaired) electrons. The van der Waals surface area contributed by atoms with Crippen LogP contribution in [-0.4, -0.2) is 77.1 Å². The Bertz CT molecular complexity index is 1070. The van der Waals surface area contributed by atoms with E-state index in [2.05, 4.69) is 29.2 Å². The molecule has 8 heteroatoms. The van der Waals surface area contributed by atoms with Crippen molar-refractivity contribution in [2.75, 3.05) is 38.6 Å². The van der Waals surface area contributed by atoms with Crippen LogP contribution in [0.25, 0.3) is 0 Å². The van der Waals surface area contributed by atoms with E-state index in [1.165, 1.54) is 32.1 Å². The molecule has 1 aliphatic carbocycles. The number of ether oxygens (including phenoxy) is 1. The highest BCUT2D eigenvalue weighted by Gasteiger charge is 2.31. The van der Waals surface area contributed by atoms with Gasteiger partial charge in [0.2, 0.25) is 5.91 Å². The molecule has 0 unspecified atom stereocenters. The van der Waals surface area contributed by atoms with Crippen molar-refractivity contribution in [3.63, 3.8) is 0 Å². The zero-order valence-corrected chi connectivity index (χ0v) is 22.9. The number of hydrogen-bond acceptors (Lipinski definition) is 6. The number of fused-ring (bicyclic) bond motifs is 1. The summed E-state index contributed by atoms with van der Waals surface area (Å²) < 4.78 is 6.64. The van der Waals surface area contributed by atoms with E-state index >= 15 is 0 Å². The molecule has 8 nitrogen and oxygen atoms in total. The van der Waals surface area contributed by atoms with Gasteiger partial charge >= 0.3 is 0 Å². The number of aliphatic hydroxyl groups is 1. The molecule has 1 fully saturated rings. The highest BCUT2D eigenvalue weighted by molar-refractivity contribution is 6.04. The lowest BCUT2D eigenvalue weighted by Crippen LogP contribution is -2.48. The summed E-state index contributed by atoms with van der Waals surface area (Å²) in [6.07, 6.45) is 9.73. The first-order valence-electron chi connectivity index (χ1n) is 13.9. The van der Waals surface area contributed by atoms with Crippen LogP contribution in [0, 0.1) is 11.8 Å². The fourth-order valence-corrected chi connectivity index (χ4v) is 5.62. The van der Waals surface area contributed by atoms with Crippen molar-refractivity contribution in [2.45, 2.75) is 64.5 Å². The van der Waals surface area contributed by atoms with Crippen molar-refractivity contribution in [1.82, 2.24) is 14.8 Å². The van der Waals surface area contributed by atoms with Crippen LogP contribution in [-0.2, 0) is 11.2 Å². The molecule has 2 N–H and O–H groups in total. The molecule has 3 atom stereocenters. The van der Waals surface area contributed by atoms with Crippen molar-refractivity contribution in [1.29, 1.82) is 0 Å².